The molecule has 0 N–H and O–H groups in total. The molecule has 0 amide bonds. The molecule has 1 aliphatic carbocycles. The molecule has 5 nitrogen and oxygen atoms in total. The van der Waals surface area contributed by atoms with Crippen LogP contribution in [0.3, 0.4) is 0 Å². The average Bonchev–Trinajstić information content (AvgIpc) is 3.46. The lowest BCUT2D eigenvalue weighted by Crippen LogP contribution is -1.92. The van der Waals surface area contributed by atoms with Crippen LogP contribution in [0.4, 0.5) is 0 Å². The summed E-state index contributed by atoms with van der Waals surface area (Å²) in [4.78, 5) is 4.67. The van der Waals surface area contributed by atoms with Gasteiger partial charge in [0.25, 0.3) is 0 Å². The van der Waals surface area contributed by atoms with Gasteiger partial charge in [0.05, 0.1) is 36.0 Å². The number of nitriles is 1. The van der Waals surface area contributed by atoms with E-state index in [1.165, 1.54) is 5.57 Å². The van der Waals surface area contributed by atoms with Crippen LogP contribution in [-0.2, 0) is 7.05 Å². The second-order valence-corrected chi connectivity index (χ2v) is 7.81. The predicted molar refractivity (Wildman–Crippen MR) is 128 cm³/mol. The lowest BCUT2D eigenvalue weighted by molar-refractivity contribution is 0.414. The second-order valence-electron chi connectivity index (χ2n) is 7.81. The number of ether oxygens (including phenoxy) is 1. The van der Waals surface area contributed by atoms with Gasteiger partial charge in [0, 0.05) is 35.0 Å². The summed E-state index contributed by atoms with van der Waals surface area (Å²) in [5.74, 6) is 0.792. The Morgan fingerprint density at radius 2 is 2.06 bits per heavy atom. The molecule has 0 aliphatic heterocycles. The summed E-state index contributed by atoms with van der Waals surface area (Å²) in [6.07, 6.45) is 14.6. The van der Waals surface area contributed by atoms with Crippen LogP contribution in [0.15, 0.2) is 72.5 Å². The van der Waals surface area contributed by atoms with Gasteiger partial charge in [-0.3, -0.25) is 9.67 Å². The fourth-order valence-electron chi connectivity index (χ4n) is 4.17. The zero-order valence-electron chi connectivity index (χ0n) is 18.0. The fraction of sp³-hybridized carbons (Fsp3) is 0.148. The van der Waals surface area contributed by atoms with Crippen molar-refractivity contribution in [1.29, 1.82) is 5.26 Å². The van der Waals surface area contributed by atoms with Crippen LogP contribution in [0, 0.1) is 11.3 Å². The maximum Gasteiger partial charge on any atom is 0.128 e. The SMILES string of the molecule is COc1cc2ncc3c(c(-c4ccc(C#N)cc4)nn3C)c2cc1/C=C\CC1=CCC=C1. The molecule has 156 valence electrons. The smallest absolute Gasteiger partial charge is 0.128 e. The van der Waals surface area contributed by atoms with Crippen molar-refractivity contribution in [2.24, 2.45) is 7.05 Å². The van der Waals surface area contributed by atoms with Gasteiger partial charge < -0.3 is 4.74 Å². The summed E-state index contributed by atoms with van der Waals surface area (Å²) in [7, 11) is 3.61. The third-order valence-electron chi connectivity index (χ3n) is 5.82. The van der Waals surface area contributed by atoms with Crippen molar-refractivity contribution in [2.45, 2.75) is 12.8 Å². The van der Waals surface area contributed by atoms with E-state index >= 15 is 0 Å². The van der Waals surface area contributed by atoms with Crippen molar-refractivity contribution in [3.05, 3.63) is 83.6 Å². The van der Waals surface area contributed by atoms with Crippen LogP contribution in [-0.4, -0.2) is 21.9 Å². The molecular weight excluding hydrogens is 396 g/mol. The molecular formula is C27H22N4O. The van der Waals surface area contributed by atoms with E-state index in [-0.39, 0.29) is 0 Å². The van der Waals surface area contributed by atoms with Crippen molar-refractivity contribution < 1.29 is 4.74 Å². The van der Waals surface area contributed by atoms with E-state index in [1.807, 2.05) is 48.3 Å². The molecule has 0 fully saturated rings. The predicted octanol–water partition coefficient (Wildman–Crippen LogP) is 5.96. The molecule has 2 aromatic carbocycles. The maximum absolute atomic E-state index is 9.13. The summed E-state index contributed by atoms with van der Waals surface area (Å²) >= 11 is 0. The fourth-order valence-corrected chi connectivity index (χ4v) is 4.17. The van der Waals surface area contributed by atoms with Gasteiger partial charge in [-0.2, -0.15) is 10.4 Å². The minimum Gasteiger partial charge on any atom is -0.496 e. The van der Waals surface area contributed by atoms with Crippen LogP contribution in [0.2, 0.25) is 0 Å². The number of nitrogens with zero attached hydrogens (tertiary/aromatic N) is 4. The molecule has 4 aromatic rings. The van der Waals surface area contributed by atoms with Gasteiger partial charge in [0.15, 0.2) is 0 Å². The number of hydrogen-bond acceptors (Lipinski definition) is 4. The van der Waals surface area contributed by atoms with Gasteiger partial charge in [0.1, 0.15) is 11.4 Å². The molecule has 0 spiro atoms. The first-order valence-electron chi connectivity index (χ1n) is 10.5. The number of fused-ring (bicyclic) bond motifs is 3. The molecule has 0 radical (unpaired) electrons. The van der Waals surface area contributed by atoms with Crippen LogP contribution >= 0.6 is 0 Å². The Balaban J connectivity index is 1.68. The number of aryl methyl sites for hydroxylation is 1. The quantitative estimate of drug-likeness (QED) is 0.401. The van der Waals surface area contributed by atoms with E-state index in [2.05, 4.69) is 47.5 Å². The highest BCUT2D eigenvalue weighted by atomic mass is 16.5. The van der Waals surface area contributed by atoms with Gasteiger partial charge >= 0.3 is 0 Å². The lowest BCUT2D eigenvalue weighted by Gasteiger charge is -2.09. The Morgan fingerprint density at radius 1 is 1.22 bits per heavy atom. The molecule has 0 atom stereocenters. The molecule has 0 saturated heterocycles. The van der Waals surface area contributed by atoms with Crippen LogP contribution in [0.1, 0.15) is 24.0 Å². The molecule has 32 heavy (non-hydrogen) atoms. The Kier molecular flexibility index (Phi) is 5.04. The summed E-state index contributed by atoms with van der Waals surface area (Å²) in [6.45, 7) is 0. The highest BCUT2D eigenvalue weighted by Crippen LogP contribution is 2.36. The van der Waals surface area contributed by atoms with E-state index in [1.54, 1.807) is 7.11 Å². The van der Waals surface area contributed by atoms with E-state index in [0.29, 0.717) is 5.56 Å². The third-order valence-corrected chi connectivity index (χ3v) is 5.82. The van der Waals surface area contributed by atoms with Crippen molar-refractivity contribution in [1.82, 2.24) is 14.8 Å². The van der Waals surface area contributed by atoms with Gasteiger partial charge in [-0.05, 0) is 36.6 Å². The van der Waals surface area contributed by atoms with Gasteiger partial charge in [-0.25, -0.2) is 0 Å². The molecule has 2 heterocycles. The third kappa shape index (κ3) is 3.46. The molecule has 5 heteroatoms. The summed E-state index contributed by atoms with van der Waals surface area (Å²) in [5, 5.41) is 16.0. The Bertz CT molecular complexity index is 1460. The monoisotopic (exact) mass is 418 g/mol. The maximum atomic E-state index is 9.13. The zero-order chi connectivity index (χ0) is 22.1. The van der Waals surface area contributed by atoms with Crippen LogP contribution in [0.25, 0.3) is 39.1 Å². The van der Waals surface area contributed by atoms with E-state index in [9.17, 15) is 0 Å². The standard InChI is InChI=1S/C27H22N4O/c1-31-24-17-29-23-15-25(32-2)21(9-5-8-18-6-3-4-7-18)14-22(23)26(24)27(30-31)20-12-10-19(16-28)11-13-20/h3,5-7,9-15,17H,4,8H2,1-2H3/b9-5-. The topological polar surface area (TPSA) is 63.7 Å². The Morgan fingerprint density at radius 3 is 2.78 bits per heavy atom. The molecule has 5 rings (SSSR count). The number of rotatable bonds is 5. The summed E-state index contributed by atoms with van der Waals surface area (Å²) < 4.78 is 7.52. The number of methoxy groups -OCH3 is 1. The highest BCUT2D eigenvalue weighted by molar-refractivity contribution is 6.12. The molecule has 0 bridgehead atoms. The lowest BCUT2D eigenvalue weighted by atomic mass is 10.0. The number of aromatic nitrogens is 3. The van der Waals surface area contributed by atoms with Crippen molar-refractivity contribution >= 4 is 27.9 Å². The normalized spacial score (nSPS) is 13.2. The van der Waals surface area contributed by atoms with Crippen LogP contribution in [0.5, 0.6) is 5.75 Å². The first-order valence-corrected chi connectivity index (χ1v) is 10.5. The Labute approximate surface area is 186 Å². The van der Waals surface area contributed by atoms with Crippen molar-refractivity contribution in [3.8, 4) is 23.1 Å². The minimum atomic E-state index is 0.630. The highest BCUT2D eigenvalue weighted by Gasteiger charge is 2.16. The zero-order valence-corrected chi connectivity index (χ0v) is 18.0. The number of allylic oxidation sites excluding steroid dienone is 5. The molecule has 1 aliphatic rings. The van der Waals surface area contributed by atoms with Crippen molar-refractivity contribution in [3.63, 3.8) is 0 Å². The van der Waals surface area contributed by atoms with E-state index < -0.39 is 0 Å². The molecule has 0 unspecified atom stereocenters. The largest absolute Gasteiger partial charge is 0.496 e. The summed E-state index contributed by atoms with van der Waals surface area (Å²) in [5.41, 5.74) is 6.63. The van der Waals surface area contributed by atoms with Crippen molar-refractivity contribution in [2.75, 3.05) is 7.11 Å². The molecule has 0 saturated carbocycles. The number of hydrogen-bond donors (Lipinski definition) is 0. The first kappa shape index (κ1) is 19.8. The number of pyridine rings is 1. The minimum absolute atomic E-state index is 0.630. The van der Waals surface area contributed by atoms with E-state index in [0.717, 1.165) is 57.2 Å². The van der Waals surface area contributed by atoms with Gasteiger partial charge in [-0.15, -0.1) is 0 Å². The van der Waals surface area contributed by atoms with Gasteiger partial charge in [-0.1, -0.05) is 42.5 Å². The van der Waals surface area contributed by atoms with Crippen LogP contribution < -0.4 is 4.74 Å². The summed E-state index contributed by atoms with van der Waals surface area (Å²) in [6, 6.07) is 13.8. The van der Waals surface area contributed by atoms with E-state index in [4.69, 9.17) is 15.1 Å². The second kappa shape index (κ2) is 8.16. The number of benzene rings is 2. The average molecular weight is 419 g/mol. The Hall–Kier alpha value is -4.17. The van der Waals surface area contributed by atoms with Gasteiger partial charge in [0.2, 0.25) is 0 Å². The molecule has 2 aromatic heterocycles. The first-order chi connectivity index (χ1) is 15.7.